The first-order valence-corrected chi connectivity index (χ1v) is 7.13. The molecule has 3 rings (SSSR count). The third-order valence-electron chi connectivity index (χ3n) is 3.17. The Labute approximate surface area is 114 Å². The molecule has 0 saturated carbocycles. The van der Waals surface area contributed by atoms with Gasteiger partial charge < -0.3 is 4.90 Å². The van der Waals surface area contributed by atoms with Gasteiger partial charge in [0.25, 0.3) is 0 Å². The minimum Gasteiger partial charge on any atom is -0.337 e. The van der Waals surface area contributed by atoms with E-state index in [-0.39, 0.29) is 5.91 Å². The molecule has 1 aliphatic heterocycles. The van der Waals surface area contributed by atoms with E-state index in [4.69, 9.17) is 11.6 Å². The summed E-state index contributed by atoms with van der Waals surface area (Å²) in [6, 6.07) is 3.83. The van der Waals surface area contributed by atoms with Crippen molar-refractivity contribution < 1.29 is 4.79 Å². The Bertz CT molecular complexity index is 610. The highest BCUT2D eigenvalue weighted by Gasteiger charge is 2.26. The van der Waals surface area contributed by atoms with Crippen LogP contribution >= 0.6 is 22.9 Å². The molecule has 1 aliphatic rings. The van der Waals surface area contributed by atoms with Crippen LogP contribution in [0.3, 0.4) is 0 Å². The Kier molecular flexibility index (Phi) is 2.99. The molecular formula is C13H13ClN2OS. The van der Waals surface area contributed by atoms with E-state index in [0.717, 1.165) is 26.7 Å². The molecule has 0 aliphatic carbocycles. The van der Waals surface area contributed by atoms with Crippen molar-refractivity contribution in [1.29, 1.82) is 0 Å². The molecular weight excluding hydrogens is 268 g/mol. The van der Waals surface area contributed by atoms with Gasteiger partial charge >= 0.3 is 0 Å². The number of thiophene rings is 1. The molecule has 0 N–H and O–H groups in total. The predicted molar refractivity (Wildman–Crippen MR) is 73.8 cm³/mol. The van der Waals surface area contributed by atoms with Crippen molar-refractivity contribution in [3.05, 3.63) is 28.2 Å². The summed E-state index contributed by atoms with van der Waals surface area (Å²) < 4.78 is 1.01. The Morgan fingerprint density at radius 1 is 1.61 bits per heavy atom. The standard InChI is InChI=1S/C13H13ClN2OS/c1-8-4-12(17)16(6-8)7-9-5-11-13(18-9)10(14)2-3-15-11/h2-3,5,8H,4,6-7H2,1H3. The largest absolute Gasteiger partial charge is 0.337 e. The molecule has 2 aromatic heterocycles. The molecule has 3 nitrogen and oxygen atoms in total. The number of halogens is 1. The number of rotatable bonds is 2. The van der Waals surface area contributed by atoms with Crippen LogP contribution in [0.15, 0.2) is 18.3 Å². The molecule has 0 radical (unpaired) electrons. The highest BCUT2D eigenvalue weighted by molar-refractivity contribution is 7.19. The molecule has 3 heterocycles. The summed E-state index contributed by atoms with van der Waals surface area (Å²) in [6.45, 7) is 3.65. The molecule has 0 bridgehead atoms. The van der Waals surface area contributed by atoms with Gasteiger partial charge in [-0.15, -0.1) is 11.3 Å². The molecule has 2 aromatic rings. The number of fused-ring (bicyclic) bond motifs is 1. The molecule has 1 atom stereocenters. The zero-order valence-electron chi connectivity index (χ0n) is 10.0. The Morgan fingerprint density at radius 3 is 3.11 bits per heavy atom. The molecule has 18 heavy (non-hydrogen) atoms. The van der Waals surface area contributed by atoms with Crippen molar-refractivity contribution >= 4 is 39.1 Å². The maximum Gasteiger partial charge on any atom is 0.223 e. The predicted octanol–water partition coefficient (Wildman–Crippen LogP) is 3.32. The number of hydrogen-bond donors (Lipinski definition) is 0. The van der Waals surface area contributed by atoms with Crippen molar-refractivity contribution in [2.24, 2.45) is 5.92 Å². The summed E-state index contributed by atoms with van der Waals surface area (Å²) in [5.74, 6) is 0.715. The second-order valence-corrected chi connectivity index (χ2v) is 6.35. The van der Waals surface area contributed by atoms with Crippen molar-refractivity contribution in [2.75, 3.05) is 6.54 Å². The van der Waals surface area contributed by atoms with Gasteiger partial charge in [0.1, 0.15) is 0 Å². The lowest BCUT2D eigenvalue weighted by Crippen LogP contribution is -2.23. The molecule has 5 heteroatoms. The van der Waals surface area contributed by atoms with Crippen LogP contribution in [-0.2, 0) is 11.3 Å². The smallest absolute Gasteiger partial charge is 0.223 e. The molecule has 1 unspecified atom stereocenters. The fourth-order valence-electron chi connectivity index (χ4n) is 2.35. The van der Waals surface area contributed by atoms with Crippen LogP contribution in [0, 0.1) is 5.92 Å². The fourth-order valence-corrected chi connectivity index (χ4v) is 3.65. The van der Waals surface area contributed by atoms with E-state index in [0.29, 0.717) is 18.9 Å². The molecule has 1 fully saturated rings. The summed E-state index contributed by atoms with van der Waals surface area (Å²) in [5, 5.41) is 0.734. The van der Waals surface area contributed by atoms with E-state index in [9.17, 15) is 4.79 Å². The third-order valence-corrected chi connectivity index (χ3v) is 4.74. The number of amides is 1. The van der Waals surface area contributed by atoms with E-state index in [1.54, 1.807) is 23.6 Å². The zero-order valence-corrected chi connectivity index (χ0v) is 11.6. The average molecular weight is 281 g/mol. The summed E-state index contributed by atoms with van der Waals surface area (Å²) in [5.41, 5.74) is 0.919. The van der Waals surface area contributed by atoms with Gasteiger partial charge in [0.2, 0.25) is 5.91 Å². The van der Waals surface area contributed by atoms with Crippen molar-refractivity contribution in [1.82, 2.24) is 9.88 Å². The van der Waals surface area contributed by atoms with E-state index >= 15 is 0 Å². The Hall–Kier alpha value is -1.13. The van der Waals surface area contributed by atoms with E-state index in [1.165, 1.54) is 0 Å². The Morgan fingerprint density at radius 2 is 2.44 bits per heavy atom. The third kappa shape index (κ3) is 2.10. The van der Waals surface area contributed by atoms with E-state index < -0.39 is 0 Å². The highest BCUT2D eigenvalue weighted by Crippen LogP contribution is 2.31. The molecule has 0 aromatic carbocycles. The number of aromatic nitrogens is 1. The van der Waals surface area contributed by atoms with Crippen molar-refractivity contribution in [3.8, 4) is 0 Å². The molecule has 1 saturated heterocycles. The van der Waals surface area contributed by atoms with Crippen LogP contribution in [-0.4, -0.2) is 22.3 Å². The number of hydrogen-bond acceptors (Lipinski definition) is 3. The van der Waals surface area contributed by atoms with Gasteiger partial charge in [-0.25, -0.2) is 0 Å². The van der Waals surface area contributed by atoms with Crippen LogP contribution in [0.5, 0.6) is 0 Å². The molecule has 94 valence electrons. The maximum absolute atomic E-state index is 11.8. The molecule has 1 amide bonds. The summed E-state index contributed by atoms with van der Waals surface area (Å²) in [7, 11) is 0. The number of likely N-dealkylation sites (tertiary alicyclic amines) is 1. The maximum atomic E-state index is 11.8. The minimum absolute atomic E-state index is 0.249. The van der Waals surface area contributed by atoms with Gasteiger partial charge in [-0.3, -0.25) is 9.78 Å². The van der Waals surface area contributed by atoms with Gasteiger partial charge in [0.15, 0.2) is 0 Å². The van der Waals surface area contributed by atoms with Gasteiger partial charge in [0.05, 0.1) is 21.8 Å². The van der Waals surface area contributed by atoms with Gasteiger partial charge in [0, 0.05) is 24.0 Å². The minimum atomic E-state index is 0.249. The van der Waals surface area contributed by atoms with Crippen LogP contribution in [0.1, 0.15) is 18.2 Å². The van der Waals surface area contributed by atoms with E-state index in [1.807, 2.05) is 11.0 Å². The monoisotopic (exact) mass is 280 g/mol. The normalized spacial score (nSPS) is 20.0. The SMILES string of the molecule is CC1CC(=O)N(Cc2cc3nccc(Cl)c3s2)C1. The summed E-state index contributed by atoms with van der Waals surface area (Å²) in [6.07, 6.45) is 2.38. The zero-order chi connectivity index (χ0) is 12.7. The number of pyridine rings is 1. The quantitative estimate of drug-likeness (QED) is 0.845. The lowest BCUT2D eigenvalue weighted by molar-refractivity contribution is -0.128. The molecule has 0 spiro atoms. The first-order chi connectivity index (χ1) is 8.63. The number of carbonyl (C=O) groups excluding carboxylic acids is 1. The fraction of sp³-hybridized carbons (Fsp3) is 0.385. The van der Waals surface area contributed by atoms with Crippen molar-refractivity contribution in [3.63, 3.8) is 0 Å². The topological polar surface area (TPSA) is 33.2 Å². The first-order valence-electron chi connectivity index (χ1n) is 5.94. The van der Waals surface area contributed by atoms with Crippen LogP contribution < -0.4 is 0 Å². The second kappa shape index (κ2) is 4.52. The van der Waals surface area contributed by atoms with Gasteiger partial charge in [-0.2, -0.15) is 0 Å². The lowest BCUT2D eigenvalue weighted by atomic mass is 10.2. The Balaban J connectivity index is 1.87. The van der Waals surface area contributed by atoms with Gasteiger partial charge in [-0.05, 0) is 18.1 Å². The summed E-state index contributed by atoms with van der Waals surface area (Å²) >= 11 is 7.75. The summed E-state index contributed by atoms with van der Waals surface area (Å²) in [4.78, 5) is 19.1. The highest BCUT2D eigenvalue weighted by atomic mass is 35.5. The number of carbonyl (C=O) groups is 1. The van der Waals surface area contributed by atoms with Crippen LogP contribution in [0.4, 0.5) is 0 Å². The second-order valence-electron chi connectivity index (χ2n) is 4.80. The van der Waals surface area contributed by atoms with E-state index in [2.05, 4.69) is 11.9 Å². The first kappa shape index (κ1) is 11.9. The number of nitrogens with zero attached hydrogens (tertiary/aromatic N) is 2. The van der Waals surface area contributed by atoms with Crippen LogP contribution in [0.25, 0.3) is 10.2 Å². The lowest BCUT2D eigenvalue weighted by Gasteiger charge is -2.14. The van der Waals surface area contributed by atoms with Crippen LogP contribution in [0.2, 0.25) is 5.02 Å². The average Bonchev–Trinajstić information content (AvgIpc) is 2.84. The van der Waals surface area contributed by atoms with Crippen molar-refractivity contribution in [2.45, 2.75) is 19.9 Å². The van der Waals surface area contributed by atoms with Gasteiger partial charge in [-0.1, -0.05) is 18.5 Å².